The summed E-state index contributed by atoms with van der Waals surface area (Å²) in [6.45, 7) is 0.382. The molecule has 0 aliphatic carbocycles. The van der Waals surface area contributed by atoms with Gasteiger partial charge in [-0.05, 0) is 58.7 Å². The maximum atomic E-state index is 14.1. The van der Waals surface area contributed by atoms with Crippen LogP contribution < -0.4 is 28.4 Å². The van der Waals surface area contributed by atoms with Crippen LogP contribution in [0.25, 0.3) is 11.1 Å². The van der Waals surface area contributed by atoms with Crippen LogP contribution in [0.4, 0.5) is 0 Å². The van der Waals surface area contributed by atoms with Gasteiger partial charge in [0, 0.05) is 0 Å². The molecule has 0 fully saturated rings. The molecule has 1 aliphatic rings. The van der Waals surface area contributed by atoms with Gasteiger partial charge in [-0.25, -0.2) is 0 Å². The Balaban J connectivity index is 1.51. The first-order chi connectivity index (χ1) is 21.4. The van der Waals surface area contributed by atoms with Crippen molar-refractivity contribution in [2.24, 2.45) is 0 Å². The molecule has 4 aromatic carbocycles. The molecule has 1 heterocycles. The first kappa shape index (κ1) is 30.0. The van der Waals surface area contributed by atoms with Crippen molar-refractivity contribution in [1.29, 1.82) is 0 Å². The van der Waals surface area contributed by atoms with Gasteiger partial charge in [-0.3, -0.25) is 14.5 Å². The molecule has 0 saturated carbocycles. The van der Waals surface area contributed by atoms with Crippen LogP contribution in [-0.4, -0.2) is 52.3 Å². The lowest BCUT2D eigenvalue weighted by Crippen LogP contribution is -2.31. The highest BCUT2D eigenvalue weighted by Crippen LogP contribution is 2.42. The van der Waals surface area contributed by atoms with E-state index in [2.05, 4.69) is 0 Å². The molecule has 0 bridgehead atoms. The number of ether oxygens (including phenoxy) is 6. The van der Waals surface area contributed by atoms with E-state index in [-0.39, 0.29) is 17.7 Å². The Bertz CT molecular complexity index is 1640. The summed E-state index contributed by atoms with van der Waals surface area (Å²) in [4.78, 5) is 29.4. The number of nitrogens with zero attached hydrogens (tertiary/aromatic N) is 1. The fourth-order valence-electron chi connectivity index (χ4n) is 5.09. The van der Waals surface area contributed by atoms with Crippen molar-refractivity contribution in [3.05, 3.63) is 107 Å². The molecule has 0 atom stereocenters. The molecular formula is C35H33NO8. The molecule has 1 aliphatic heterocycles. The van der Waals surface area contributed by atoms with Gasteiger partial charge in [0.15, 0.2) is 34.5 Å². The Morgan fingerprint density at radius 2 is 0.977 bits per heavy atom. The van der Waals surface area contributed by atoms with E-state index in [4.69, 9.17) is 28.4 Å². The van der Waals surface area contributed by atoms with E-state index in [0.29, 0.717) is 57.8 Å². The Morgan fingerprint density at radius 1 is 0.500 bits per heavy atom. The topological polar surface area (TPSA) is 92.8 Å². The van der Waals surface area contributed by atoms with Gasteiger partial charge in [-0.15, -0.1) is 0 Å². The van der Waals surface area contributed by atoms with Crippen LogP contribution in [0.1, 0.15) is 22.3 Å². The highest BCUT2D eigenvalue weighted by atomic mass is 16.5. The van der Waals surface area contributed by atoms with Gasteiger partial charge in [0.25, 0.3) is 11.8 Å². The minimum atomic E-state index is -0.449. The monoisotopic (exact) mass is 595 g/mol. The number of imide groups is 1. The van der Waals surface area contributed by atoms with Crippen LogP contribution in [0.2, 0.25) is 0 Å². The molecule has 9 heteroatoms. The molecule has 226 valence electrons. The Labute approximate surface area is 256 Å². The normalized spacial score (nSPS) is 12.8. The molecule has 4 aromatic rings. The van der Waals surface area contributed by atoms with E-state index in [1.807, 2.05) is 36.4 Å². The van der Waals surface area contributed by atoms with Crippen LogP contribution >= 0.6 is 0 Å². The van der Waals surface area contributed by atoms with Crippen LogP contribution in [0.3, 0.4) is 0 Å². The predicted octanol–water partition coefficient (Wildman–Crippen LogP) is 5.79. The van der Waals surface area contributed by atoms with E-state index < -0.39 is 11.8 Å². The second kappa shape index (κ2) is 13.2. The van der Waals surface area contributed by atoms with Gasteiger partial charge in [-0.2, -0.15) is 0 Å². The van der Waals surface area contributed by atoms with Crippen molar-refractivity contribution in [3.8, 4) is 34.5 Å². The zero-order chi connectivity index (χ0) is 31.2. The third-order valence-electron chi connectivity index (χ3n) is 7.32. The van der Waals surface area contributed by atoms with Gasteiger partial charge in [-0.1, -0.05) is 48.5 Å². The molecule has 0 spiro atoms. The SMILES string of the molecule is COc1ccc(C2=C(c3ccc(OC)c(OC)c3)C(=O)N(Cc3ccc(OCc4ccccc4)c(OC)c3)C2=O)cc1OC. The number of carbonyl (C=O) groups is 2. The Hall–Kier alpha value is -5.44. The minimum absolute atomic E-state index is 0.0145. The number of hydrogen-bond acceptors (Lipinski definition) is 8. The van der Waals surface area contributed by atoms with Crippen molar-refractivity contribution in [2.75, 3.05) is 35.5 Å². The molecule has 0 saturated heterocycles. The summed E-state index contributed by atoms with van der Waals surface area (Å²) in [5.74, 6) is 2.00. The quantitative estimate of drug-likeness (QED) is 0.190. The number of carbonyl (C=O) groups excluding carboxylic acids is 2. The second-order valence-corrected chi connectivity index (χ2v) is 9.85. The van der Waals surface area contributed by atoms with Crippen molar-refractivity contribution >= 4 is 23.0 Å². The molecule has 44 heavy (non-hydrogen) atoms. The third-order valence-corrected chi connectivity index (χ3v) is 7.32. The Kier molecular flexibility index (Phi) is 9.04. The molecule has 9 nitrogen and oxygen atoms in total. The van der Waals surface area contributed by atoms with E-state index in [9.17, 15) is 9.59 Å². The first-order valence-electron chi connectivity index (χ1n) is 13.8. The molecule has 0 unspecified atom stereocenters. The summed E-state index contributed by atoms with van der Waals surface area (Å²) in [7, 11) is 7.64. The highest BCUT2D eigenvalue weighted by molar-refractivity contribution is 6.49. The van der Waals surface area contributed by atoms with E-state index in [0.717, 1.165) is 5.56 Å². The largest absolute Gasteiger partial charge is 0.493 e. The number of benzene rings is 4. The van der Waals surface area contributed by atoms with Crippen molar-refractivity contribution < 1.29 is 38.0 Å². The lowest BCUT2D eigenvalue weighted by molar-refractivity contribution is -0.136. The Morgan fingerprint density at radius 3 is 1.48 bits per heavy atom. The van der Waals surface area contributed by atoms with Crippen LogP contribution in [0.15, 0.2) is 84.9 Å². The highest BCUT2D eigenvalue weighted by Gasteiger charge is 2.40. The molecule has 0 N–H and O–H groups in total. The number of hydrogen-bond donors (Lipinski definition) is 0. The maximum absolute atomic E-state index is 14.1. The molecule has 0 radical (unpaired) electrons. The minimum Gasteiger partial charge on any atom is -0.493 e. The lowest BCUT2D eigenvalue weighted by atomic mass is 9.95. The second-order valence-electron chi connectivity index (χ2n) is 9.85. The summed E-state index contributed by atoms with van der Waals surface area (Å²) in [6, 6.07) is 25.4. The van der Waals surface area contributed by atoms with E-state index in [1.54, 1.807) is 55.6 Å². The molecule has 0 aromatic heterocycles. The standard InChI is InChI=1S/C35H33NO8/c1-39-26-15-12-24(18-30(26)42-4)32-33(25-13-16-27(40-2)31(19-25)43-5)35(38)36(34(32)37)20-23-11-14-28(29(17-23)41-3)44-21-22-9-7-6-8-10-22/h6-19H,20-21H2,1-5H3. The smallest absolute Gasteiger partial charge is 0.262 e. The zero-order valence-corrected chi connectivity index (χ0v) is 25.2. The summed E-state index contributed by atoms with van der Waals surface area (Å²) < 4.78 is 33.3. The maximum Gasteiger partial charge on any atom is 0.262 e. The summed E-state index contributed by atoms with van der Waals surface area (Å²) in [5.41, 5.74) is 3.20. The zero-order valence-electron chi connectivity index (χ0n) is 25.2. The number of rotatable bonds is 12. The van der Waals surface area contributed by atoms with Crippen LogP contribution in [0.5, 0.6) is 34.5 Å². The van der Waals surface area contributed by atoms with Crippen molar-refractivity contribution in [3.63, 3.8) is 0 Å². The number of amides is 2. The third kappa shape index (κ3) is 5.89. The summed E-state index contributed by atoms with van der Waals surface area (Å²) in [6.07, 6.45) is 0. The number of methoxy groups -OCH3 is 5. The van der Waals surface area contributed by atoms with Gasteiger partial charge in [0.05, 0.1) is 53.2 Å². The van der Waals surface area contributed by atoms with Crippen LogP contribution in [0, 0.1) is 0 Å². The van der Waals surface area contributed by atoms with Gasteiger partial charge >= 0.3 is 0 Å². The van der Waals surface area contributed by atoms with Gasteiger partial charge in [0.2, 0.25) is 0 Å². The molecular weight excluding hydrogens is 562 g/mol. The summed E-state index contributed by atoms with van der Waals surface area (Å²) >= 11 is 0. The fraction of sp³-hybridized carbons (Fsp3) is 0.200. The summed E-state index contributed by atoms with van der Waals surface area (Å²) in [5, 5.41) is 0. The van der Waals surface area contributed by atoms with Gasteiger partial charge in [0.1, 0.15) is 6.61 Å². The van der Waals surface area contributed by atoms with Crippen molar-refractivity contribution in [1.82, 2.24) is 4.90 Å². The van der Waals surface area contributed by atoms with Crippen molar-refractivity contribution in [2.45, 2.75) is 13.2 Å². The van der Waals surface area contributed by atoms with E-state index >= 15 is 0 Å². The van der Waals surface area contributed by atoms with Crippen LogP contribution in [-0.2, 0) is 22.7 Å². The van der Waals surface area contributed by atoms with Gasteiger partial charge < -0.3 is 28.4 Å². The lowest BCUT2D eigenvalue weighted by Gasteiger charge is -2.17. The average molecular weight is 596 g/mol. The molecule has 5 rings (SSSR count). The average Bonchev–Trinajstić information content (AvgIpc) is 3.32. The first-order valence-corrected chi connectivity index (χ1v) is 13.8. The molecule has 2 amide bonds. The fourth-order valence-corrected chi connectivity index (χ4v) is 5.09. The van der Waals surface area contributed by atoms with E-state index in [1.165, 1.54) is 33.3 Å². The predicted molar refractivity (Wildman–Crippen MR) is 165 cm³/mol.